The van der Waals surface area contributed by atoms with Gasteiger partial charge in [-0.2, -0.15) is 0 Å². The van der Waals surface area contributed by atoms with Crippen LogP contribution in [0.15, 0.2) is 52.3 Å². The Morgan fingerprint density at radius 3 is 2.37 bits per heavy atom. The lowest BCUT2D eigenvalue weighted by Crippen LogP contribution is -2.49. The van der Waals surface area contributed by atoms with Crippen LogP contribution >= 0.6 is 11.8 Å². The van der Waals surface area contributed by atoms with Gasteiger partial charge in [-0.05, 0) is 44.0 Å². The van der Waals surface area contributed by atoms with E-state index in [0.717, 1.165) is 32.4 Å². The number of aryl methyl sites for hydroxylation is 2. The SMILES string of the molecule is CCCCCCCC(=O)OCOC(=O)N1CCN(c2ccccc2Sc2ccc(C)cc2C)CC1. The number of benzene rings is 2. The summed E-state index contributed by atoms with van der Waals surface area (Å²) in [5.41, 5.74) is 3.72. The van der Waals surface area contributed by atoms with E-state index in [2.05, 4.69) is 68.1 Å². The number of piperazine rings is 1. The molecule has 35 heavy (non-hydrogen) atoms. The van der Waals surface area contributed by atoms with Crippen LogP contribution in [0.3, 0.4) is 0 Å². The Balaban J connectivity index is 1.43. The molecule has 0 bridgehead atoms. The molecule has 6 nitrogen and oxygen atoms in total. The van der Waals surface area contributed by atoms with Crippen LogP contribution in [0.2, 0.25) is 0 Å². The lowest BCUT2D eigenvalue weighted by Gasteiger charge is -2.36. The molecule has 1 fully saturated rings. The van der Waals surface area contributed by atoms with Crippen molar-refractivity contribution >= 4 is 29.5 Å². The van der Waals surface area contributed by atoms with Crippen LogP contribution < -0.4 is 4.90 Å². The predicted molar refractivity (Wildman–Crippen MR) is 141 cm³/mol. The molecule has 0 N–H and O–H groups in total. The summed E-state index contributed by atoms with van der Waals surface area (Å²) in [6, 6.07) is 14.9. The molecule has 1 saturated heterocycles. The number of anilines is 1. The molecular formula is C28H38N2O4S. The van der Waals surface area contributed by atoms with Crippen LogP contribution in [0.25, 0.3) is 0 Å². The molecule has 0 saturated carbocycles. The van der Waals surface area contributed by atoms with E-state index in [9.17, 15) is 9.59 Å². The highest BCUT2D eigenvalue weighted by Gasteiger charge is 2.24. The summed E-state index contributed by atoms with van der Waals surface area (Å²) in [5.74, 6) is -0.308. The van der Waals surface area contributed by atoms with Gasteiger partial charge < -0.3 is 19.3 Å². The number of hydrogen-bond donors (Lipinski definition) is 0. The van der Waals surface area contributed by atoms with Crippen molar-refractivity contribution in [3.63, 3.8) is 0 Å². The normalized spacial score (nSPS) is 13.6. The Morgan fingerprint density at radius 1 is 0.886 bits per heavy atom. The first-order chi connectivity index (χ1) is 17.0. The Hall–Kier alpha value is -2.67. The lowest BCUT2D eigenvalue weighted by molar-refractivity contribution is -0.152. The van der Waals surface area contributed by atoms with Crippen molar-refractivity contribution in [2.75, 3.05) is 37.9 Å². The maximum Gasteiger partial charge on any atom is 0.412 e. The summed E-state index contributed by atoms with van der Waals surface area (Å²) in [4.78, 5) is 30.7. The second-order valence-electron chi connectivity index (χ2n) is 9.02. The average molecular weight is 499 g/mol. The smallest absolute Gasteiger partial charge is 0.412 e. The van der Waals surface area contributed by atoms with E-state index >= 15 is 0 Å². The van der Waals surface area contributed by atoms with E-state index in [1.807, 2.05) is 0 Å². The van der Waals surface area contributed by atoms with Crippen LogP contribution in [0.1, 0.15) is 56.6 Å². The molecule has 0 aliphatic carbocycles. The number of nitrogens with zero attached hydrogens (tertiary/aromatic N) is 2. The molecule has 0 atom stereocenters. The number of carbonyl (C=O) groups excluding carboxylic acids is 2. The number of amides is 1. The minimum absolute atomic E-state index is 0.308. The Kier molecular flexibility index (Phi) is 10.8. The third-order valence-corrected chi connectivity index (χ3v) is 7.42. The molecule has 2 aromatic carbocycles. The van der Waals surface area contributed by atoms with Crippen LogP contribution in [0.4, 0.5) is 10.5 Å². The molecule has 1 heterocycles. The first kappa shape index (κ1) is 26.9. The first-order valence-corrected chi connectivity index (χ1v) is 13.5. The zero-order valence-electron chi connectivity index (χ0n) is 21.3. The number of para-hydroxylation sites is 1. The van der Waals surface area contributed by atoms with E-state index in [0.29, 0.717) is 19.5 Å². The predicted octanol–water partition coefficient (Wildman–Crippen LogP) is 6.57. The minimum Gasteiger partial charge on any atom is -0.428 e. The summed E-state index contributed by atoms with van der Waals surface area (Å²) < 4.78 is 10.3. The van der Waals surface area contributed by atoms with Gasteiger partial charge in [0.1, 0.15) is 0 Å². The monoisotopic (exact) mass is 498 g/mol. The topological polar surface area (TPSA) is 59.1 Å². The highest BCUT2D eigenvalue weighted by atomic mass is 32.2. The molecule has 0 radical (unpaired) electrons. The minimum atomic E-state index is -0.432. The molecule has 1 aliphatic rings. The quantitative estimate of drug-likeness (QED) is 0.198. The largest absolute Gasteiger partial charge is 0.428 e. The fourth-order valence-electron chi connectivity index (χ4n) is 4.15. The van der Waals surface area contributed by atoms with Crippen LogP contribution in [-0.2, 0) is 14.3 Å². The standard InChI is InChI=1S/C28H38N2O4S/c1-4-5-6-7-8-13-27(31)33-21-34-28(32)30-18-16-29(17-19-30)24-11-9-10-12-26(24)35-25-15-14-22(2)20-23(25)3/h9-12,14-15,20H,4-8,13,16-19,21H2,1-3H3. The van der Waals surface area contributed by atoms with Crippen molar-refractivity contribution in [3.8, 4) is 0 Å². The van der Waals surface area contributed by atoms with E-state index in [-0.39, 0.29) is 12.8 Å². The van der Waals surface area contributed by atoms with Gasteiger partial charge in [-0.25, -0.2) is 4.79 Å². The van der Waals surface area contributed by atoms with Crippen molar-refractivity contribution in [2.24, 2.45) is 0 Å². The first-order valence-electron chi connectivity index (χ1n) is 12.6. The van der Waals surface area contributed by atoms with Gasteiger partial charge >= 0.3 is 12.1 Å². The molecular weight excluding hydrogens is 460 g/mol. The average Bonchev–Trinajstić information content (AvgIpc) is 2.86. The number of carbonyl (C=O) groups is 2. The van der Waals surface area contributed by atoms with Gasteiger partial charge in [-0.15, -0.1) is 0 Å². The maximum absolute atomic E-state index is 12.4. The van der Waals surface area contributed by atoms with Gasteiger partial charge in [0.15, 0.2) is 0 Å². The number of ether oxygens (including phenoxy) is 2. The molecule has 190 valence electrons. The van der Waals surface area contributed by atoms with E-state index in [1.54, 1.807) is 16.7 Å². The molecule has 2 aromatic rings. The van der Waals surface area contributed by atoms with Gasteiger partial charge in [-0.1, -0.05) is 74.2 Å². The Morgan fingerprint density at radius 2 is 1.63 bits per heavy atom. The summed E-state index contributed by atoms with van der Waals surface area (Å²) in [7, 11) is 0. The van der Waals surface area contributed by atoms with Crippen molar-refractivity contribution in [1.82, 2.24) is 4.90 Å². The van der Waals surface area contributed by atoms with Gasteiger partial charge in [0.2, 0.25) is 6.79 Å². The molecule has 1 aliphatic heterocycles. The van der Waals surface area contributed by atoms with Crippen molar-refractivity contribution in [2.45, 2.75) is 69.1 Å². The van der Waals surface area contributed by atoms with E-state index < -0.39 is 6.09 Å². The van der Waals surface area contributed by atoms with E-state index in [4.69, 9.17) is 9.47 Å². The molecule has 1 amide bonds. The van der Waals surface area contributed by atoms with Crippen molar-refractivity contribution < 1.29 is 19.1 Å². The van der Waals surface area contributed by atoms with Crippen molar-refractivity contribution in [1.29, 1.82) is 0 Å². The van der Waals surface area contributed by atoms with Gasteiger partial charge in [-0.3, -0.25) is 4.79 Å². The Labute approximate surface area is 214 Å². The van der Waals surface area contributed by atoms with E-state index in [1.165, 1.54) is 39.4 Å². The molecule has 3 rings (SSSR count). The van der Waals surface area contributed by atoms with Gasteiger partial charge in [0.05, 0.1) is 5.69 Å². The van der Waals surface area contributed by atoms with Gasteiger partial charge in [0.25, 0.3) is 0 Å². The van der Waals surface area contributed by atoms with Crippen LogP contribution in [-0.4, -0.2) is 49.9 Å². The summed E-state index contributed by atoms with van der Waals surface area (Å²) >= 11 is 1.78. The van der Waals surface area contributed by atoms with Crippen LogP contribution in [0.5, 0.6) is 0 Å². The highest BCUT2D eigenvalue weighted by Crippen LogP contribution is 2.37. The molecule has 0 aromatic heterocycles. The molecule has 7 heteroatoms. The zero-order chi connectivity index (χ0) is 25.0. The summed E-state index contributed by atoms with van der Waals surface area (Å²) in [6.07, 6.45) is 5.29. The second-order valence-corrected chi connectivity index (χ2v) is 10.1. The van der Waals surface area contributed by atoms with Crippen LogP contribution in [0, 0.1) is 13.8 Å². The zero-order valence-corrected chi connectivity index (χ0v) is 22.1. The van der Waals surface area contributed by atoms with Gasteiger partial charge in [0, 0.05) is 42.4 Å². The molecule has 0 spiro atoms. The number of esters is 1. The fraction of sp³-hybridized carbons (Fsp3) is 0.500. The maximum atomic E-state index is 12.4. The number of unbranched alkanes of at least 4 members (excludes halogenated alkanes) is 4. The lowest BCUT2D eigenvalue weighted by atomic mass is 10.1. The molecule has 0 unspecified atom stereocenters. The third kappa shape index (κ3) is 8.49. The van der Waals surface area contributed by atoms with Crippen molar-refractivity contribution in [3.05, 3.63) is 53.6 Å². The highest BCUT2D eigenvalue weighted by molar-refractivity contribution is 7.99. The third-order valence-electron chi connectivity index (χ3n) is 6.18. The Bertz CT molecular complexity index is 973. The summed E-state index contributed by atoms with van der Waals surface area (Å²) in [5, 5.41) is 0. The number of rotatable bonds is 11. The second kappa shape index (κ2) is 14.0. The fourth-order valence-corrected chi connectivity index (χ4v) is 5.19. The summed E-state index contributed by atoms with van der Waals surface area (Å²) in [6.45, 7) is 8.66. The number of hydrogen-bond acceptors (Lipinski definition) is 6.